The summed E-state index contributed by atoms with van der Waals surface area (Å²) in [6.07, 6.45) is -0.101. The molecule has 0 bridgehead atoms. The molecule has 2 amide bonds. The van der Waals surface area contributed by atoms with E-state index in [0.29, 0.717) is 13.2 Å². The number of hydrazine groups is 1. The van der Waals surface area contributed by atoms with Gasteiger partial charge in [0.1, 0.15) is 6.17 Å². The SMILES string of the molecule is CN1C(=O)NNC1COCc1ccccc1. The van der Waals surface area contributed by atoms with Crippen molar-refractivity contribution in [1.82, 2.24) is 15.8 Å². The highest BCUT2D eigenvalue weighted by atomic mass is 16.5. The molecule has 1 aromatic carbocycles. The van der Waals surface area contributed by atoms with Crippen LogP contribution in [0.25, 0.3) is 0 Å². The van der Waals surface area contributed by atoms with E-state index in [2.05, 4.69) is 10.9 Å². The molecule has 5 nitrogen and oxygen atoms in total. The van der Waals surface area contributed by atoms with Gasteiger partial charge >= 0.3 is 6.03 Å². The van der Waals surface area contributed by atoms with E-state index >= 15 is 0 Å². The lowest BCUT2D eigenvalue weighted by atomic mass is 10.2. The molecule has 2 rings (SSSR count). The Morgan fingerprint density at radius 3 is 2.75 bits per heavy atom. The van der Waals surface area contributed by atoms with Gasteiger partial charge < -0.3 is 9.64 Å². The van der Waals surface area contributed by atoms with E-state index in [9.17, 15) is 4.79 Å². The first-order chi connectivity index (χ1) is 7.77. The second-order valence-corrected chi connectivity index (χ2v) is 3.70. The number of hydrogen-bond acceptors (Lipinski definition) is 3. The van der Waals surface area contributed by atoms with Crippen molar-refractivity contribution in [3.05, 3.63) is 35.9 Å². The lowest BCUT2D eigenvalue weighted by Gasteiger charge is -2.17. The fourth-order valence-corrected chi connectivity index (χ4v) is 1.49. The summed E-state index contributed by atoms with van der Waals surface area (Å²) in [5.41, 5.74) is 6.50. The first kappa shape index (κ1) is 10.9. The summed E-state index contributed by atoms with van der Waals surface area (Å²) in [7, 11) is 1.73. The predicted octanol–water partition coefficient (Wildman–Crippen LogP) is 0.689. The number of hydrogen-bond donors (Lipinski definition) is 2. The van der Waals surface area contributed by atoms with Gasteiger partial charge in [0.2, 0.25) is 0 Å². The molecule has 1 aromatic rings. The maximum absolute atomic E-state index is 11.1. The van der Waals surface area contributed by atoms with Gasteiger partial charge in [0.25, 0.3) is 0 Å². The van der Waals surface area contributed by atoms with Crippen LogP contribution in [0, 0.1) is 0 Å². The minimum absolute atomic E-state index is 0.101. The van der Waals surface area contributed by atoms with E-state index in [1.54, 1.807) is 11.9 Å². The molecule has 16 heavy (non-hydrogen) atoms. The molecule has 1 heterocycles. The Labute approximate surface area is 94.4 Å². The minimum atomic E-state index is -0.131. The van der Waals surface area contributed by atoms with Crippen LogP contribution in [-0.4, -0.2) is 30.8 Å². The molecule has 1 fully saturated rings. The molecule has 0 radical (unpaired) electrons. The summed E-state index contributed by atoms with van der Waals surface area (Å²) in [6.45, 7) is 1.02. The lowest BCUT2D eigenvalue weighted by molar-refractivity contribution is 0.0721. The first-order valence-electron chi connectivity index (χ1n) is 5.17. The molecular weight excluding hydrogens is 206 g/mol. The Hall–Kier alpha value is -1.59. The molecule has 0 spiro atoms. The van der Waals surface area contributed by atoms with Gasteiger partial charge in [-0.15, -0.1) is 0 Å². The van der Waals surface area contributed by atoms with Crippen molar-refractivity contribution in [1.29, 1.82) is 0 Å². The number of urea groups is 1. The minimum Gasteiger partial charge on any atom is -0.373 e. The zero-order chi connectivity index (χ0) is 11.4. The molecule has 1 atom stereocenters. The zero-order valence-corrected chi connectivity index (χ0v) is 9.14. The van der Waals surface area contributed by atoms with Crippen molar-refractivity contribution in [3.8, 4) is 0 Å². The van der Waals surface area contributed by atoms with Crippen molar-refractivity contribution in [2.75, 3.05) is 13.7 Å². The van der Waals surface area contributed by atoms with E-state index in [0.717, 1.165) is 5.56 Å². The van der Waals surface area contributed by atoms with Gasteiger partial charge in [-0.1, -0.05) is 30.3 Å². The Kier molecular flexibility index (Phi) is 3.38. The Balaban J connectivity index is 1.75. The number of carbonyl (C=O) groups excluding carboxylic acids is 1. The van der Waals surface area contributed by atoms with Crippen molar-refractivity contribution < 1.29 is 9.53 Å². The largest absolute Gasteiger partial charge is 0.373 e. The van der Waals surface area contributed by atoms with E-state index in [-0.39, 0.29) is 12.2 Å². The fourth-order valence-electron chi connectivity index (χ4n) is 1.49. The second-order valence-electron chi connectivity index (χ2n) is 3.70. The van der Waals surface area contributed by atoms with Crippen LogP contribution < -0.4 is 10.9 Å². The topological polar surface area (TPSA) is 53.6 Å². The summed E-state index contributed by atoms with van der Waals surface area (Å²) in [5, 5.41) is 0. The maximum Gasteiger partial charge on any atom is 0.332 e. The lowest BCUT2D eigenvalue weighted by Crippen LogP contribution is -2.38. The zero-order valence-electron chi connectivity index (χ0n) is 9.14. The number of rotatable bonds is 4. The molecule has 5 heteroatoms. The molecule has 0 saturated carbocycles. The van der Waals surface area contributed by atoms with Gasteiger partial charge in [0.05, 0.1) is 13.2 Å². The van der Waals surface area contributed by atoms with Gasteiger partial charge in [-0.3, -0.25) is 5.43 Å². The Morgan fingerprint density at radius 2 is 2.12 bits per heavy atom. The third kappa shape index (κ3) is 2.50. The number of amides is 2. The number of likely N-dealkylation sites (N-methyl/N-ethyl adjacent to an activating group) is 1. The molecule has 2 N–H and O–H groups in total. The summed E-state index contributed by atoms with van der Waals surface area (Å²) in [6, 6.07) is 9.81. The summed E-state index contributed by atoms with van der Waals surface area (Å²) < 4.78 is 5.53. The number of nitrogens with zero attached hydrogens (tertiary/aromatic N) is 1. The van der Waals surface area contributed by atoms with Crippen LogP contribution >= 0.6 is 0 Å². The number of carbonyl (C=O) groups is 1. The summed E-state index contributed by atoms with van der Waals surface area (Å²) in [4.78, 5) is 12.7. The van der Waals surface area contributed by atoms with Crippen LogP contribution in [0.4, 0.5) is 4.79 Å². The molecular formula is C11H15N3O2. The summed E-state index contributed by atoms with van der Waals surface area (Å²) >= 11 is 0. The van der Waals surface area contributed by atoms with Gasteiger partial charge in [-0.25, -0.2) is 10.2 Å². The van der Waals surface area contributed by atoms with Crippen LogP contribution in [-0.2, 0) is 11.3 Å². The highest BCUT2D eigenvalue weighted by Crippen LogP contribution is 2.04. The first-order valence-corrected chi connectivity index (χ1v) is 5.17. The van der Waals surface area contributed by atoms with Gasteiger partial charge in [-0.05, 0) is 5.56 Å². The summed E-state index contributed by atoms with van der Waals surface area (Å²) in [5.74, 6) is 0. The van der Waals surface area contributed by atoms with E-state index in [1.807, 2.05) is 30.3 Å². The van der Waals surface area contributed by atoms with Crippen molar-refractivity contribution in [2.24, 2.45) is 0 Å². The number of nitrogens with one attached hydrogen (secondary N) is 2. The van der Waals surface area contributed by atoms with Gasteiger partial charge in [0, 0.05) is 7.05 Å². The van der Waals surface area contributed by atoms with Crippen molar-refractivity contribution in [2.45, 2.75) is 12.8 Å². The molecule has 1 saturated heterocycles. The van der Waals surface area contributed by atoms with E-state index < -0.39 is 0 Å². The number of ether oxygens (including phenoxy) is 1. The number of benzene rings is 1. The molecule has 1 aliphatic rings. The van der Waals surface area contributed by atoms with Crippen LogP contribution in [0.5, 0.6) is 0 Å². The average Bonchev–Trinajstić information content (AvgIpc) is 2.62. The molecule has 0 aliphatic carbocycles. The highest BCUT2D eigenvalue weighted by molar-refractivity contribution is 5.75. The Morgan fingerprint density at radius 1 is 1.38 bits per heavy atom. The van der Waals surface area contributed by atoms with E-state index in [4.69, 9.17) is 4.74 Å². The van der Waals surface area contributed by atoms with Crippen LogP contribution in [0.1, 0.15) is 5.56 Å². The maximum atomic E-state index is 11.1. The van der Waals surface area contributed by atoms with Crippen molar-refractivity contribution in [3.63, 3.8) is 0 Å². The normalized spacial score (nSPS) is 19.9. The van der Waals surface area contributed by atoms with Crippen molar-refractivity contribution >= 4 is 6.03 Å². The van der Waals surface area contributed by atoms with Crippen LogP contribution in [0.3, 0.4) is 0 Å². The quantitative estimate of drug-likeness (QED) is 0.786. The van der Waals surface area contributed by atoms with E-state index in [1.165, 1.54) is 0 Å². The average molecular weight is 221 g/mol. The van der Waals surface area contributed by atoms with Gasteiger partial charge in [0.15, 0.2) is 0 Å². The molecule has 1 unspecified atom stereocenters. The standard InChI is InChI=1S/C11H15N3O2/c1-14-10(12-13-11(14)15)8-16-7-9-5-3-2-4-6-9/h2-6,10,12H,7-8H2,1H3,(H,13,15). The van der Waals surface area contributed by atoms with Gasteiger partial charge in [-0.2, -0.15) is 0 Å². The highest BCUT2D eigenvalue weighted by Gasteiger charge is 2.26. The molecule has 0 aromatic heterocycles. The molecule has 86 valence electrons. The second kappa shape index (κ2) is 4.96. The monoisotopic (exact) mass is 221 g/mol. The third-order valence-corrected chi connectivity index (χ3v) is 2.52. The Bertz CT molecular complexity index is 356. The smallest absolute Gasteiger partial charge is 0.332 e. The fraction of sp³-hybridized carbons (Fsp3) is 0.364. The third-order valence-electron chi connectivity index (χ3n) is 2.52. The van der Waals surface area contributed by atoms with Crippen LogP contribution in [0.2, 0.25) is 0 Å². The predicted molar refractivity (Wildman–Crippen MR) is 59.3 cm³/mol. The molecule has 1 aliphatic heterocycles. The van der Waals surface area contributed by atoms with Crippen LogP contribution in [0.15, 0.2) is 30.3 Å².